The Labute approximate surface area is 228 Å². The first-order valence-electron chi connectivity index (χ1n) is 14.8. The van der Waals surface area contributed by atoms with Crippen molar-refractivity contribution in [3.05, 3.63) is 0 Å². The summed E-state index contributed by atoms with van der Waals surface area (Å²) in [5, 5.41) is 0. The summed E-state index contributed by atoms with van der Waals surface area (Å²) in [7, 11) is 4.91. The van der Waals surface area contributed by atoms with E-state index in [1.54, 1.807) is 14.1 Å². The Hall–Kier alpha value is -0.660. The van der Waals surface area contributed by atoms with E-state index in [2.05, 4.69) is 6.92 Å². The highest BCUT2D eigenvalue weighted by Gasteiger charge is 2.28. The first kappa shape index (κ1) is 36.3. The molecule has 0 fully saturated rings. The van der Waals surface area contributed by atoms with Crippen molar-refractivity contribution in [3.63, 3.8) is 0 Å². The lowest BCUT2D eigenvalue weighted by molar-refractivity contribution is -0.870. The Morgan fingerprint density at radius 3 is 1.65 bits per heavy atom. The minimum absolute atomic E-state index is 0.0704. The van der Waals surface area contributed by atoms with Gasteiger partial charge < -0.3 is 19.0 Å². The SMILES string of the molecule is CCCCCCCCCCCCCCCCCCC(COC(=O)N(C)C)OP(=O)(O)OCC[N+](C)(C)C. The van der Waals surface area contributed by atoms with Crippen molar-refractivity contribution in [1.29, 1.82) is 0 Å². The number of unbranched alkanes of at least 4 members (excludes halogenated alkanes) is 15. The summed E-state index contributed by atoms with van der Waals surface area (Å²) in [5.74, 6) is 0. The van der Waals surface area contributed by atoms with E-state index in [-0.39, 0.29) is 13.2 Å². The van der Waals surface area contributed by atoms with Crippen LogP contribution in [0.3, 0.4) is 0 Å². The molecule has 0 aromatic carbocycles. The Bertz CT molecular complexity index is 598. The normalized spacial score (nSPS) is 14.4. The lowest BCUT2D eigenvalue weighted by Crippen LogP contribution is -2.37. The fourth-order valence-corrected chi connectivity index (χ4v) is 4.95. The highest BCUT2D eigenvalue weighted by Crippen LogP contribution is 2.45. The third-order valence-corrected chi connectivity index (χ3v) is 7.51. The largest absolute Gasteiger partial charge is 0.472 e. The molecule has 8 nitrogen and oxygen atoms in total. The number of rotatable bonds is 25. The summed E-state index contributed by atoms with van der Waals surface area (Å²) in [6.07, 6.45) is 20.0. The molecule has 0 aliphatic rings. The zero-order valence-corrected chi connectivity index (χ0v) is 25.9. The van der Waals surface area contributed by atoms with Crippen LogP contribution in [0, 0.1) is 0 Å². The lowest BCUT2D eigenvalue weighted by Gasteiger charge is -2.25. The highest BCUT2D eigenvalue weighted by atomic mass is 31.2. The van der Waals surface area contributed by atoms with Crippen molar-refractivity contribution in [1.82, 2.24) is 4.90 Å². The lowest BCUT2D eigenvalue weighted by atomic mass is 10.0. The maximum atomic E-state index is 12.4. The number of carbonyl (C=O) groups is 1. The van der Waals surface area contributed by atoms with E-state index in [1.807, 2.05) is 21.1 Å². The monoisotopic (exact) mass is 551 g/mol. The molecule has 0 heterocycles. The van der Waals surface area contributed by atoms with E-state index in [9.17, 15) is 14.3 Å². The Kier molecular flexibility index (Phi) is 21.8. The summed E-state index contributed by atoms with van der Waals surface area (Å²) in [6.45, 7) is 2.88. The number of likely N-dealkylation sites (N-methyl/N-ethyl adjacent to an activating group) is 1. The second kappa shape index (κ2) is 22.2. The van der Waals surface area contributed by atoms with Gasteiger partial charge in [0.2, 0.25) is 0 Å². The molecule has 222 valence electrons. The van der Waals surface area contributed by atoms with Crippen LogP contribution in [0.1, 0.15) is 116 Å². The van der Waals surface area contributed by atoms with Gasteiger partial charge in [-0.25, -0.2) is 9.36 Å². The number of carbonyl (C=O) groups excluding carboxylic acids is 1. The van der Waals surface area contributed by atoms with Crippen LogP contribution in [0.2, 0.25) is 0 Å². The van der Waals surface area contributed by atoms with E-state index in [0.717, 1.165) is 19.3 Å². The molecule has 0 aliphatic heterocycles. The Balaban J connectivity index is 4.05. The van der Waals surface area contributed by atoms with Gasteiger partial charge in [0.1, 0.15) is 25.9 Å². The van der Waals surface area contributed by atoms with Crippen molar-refractivity contribution in [3.8, 4) is 0 Å². The van der Waals surface area contributed by atoms with Gasteiger partial charge in [-0.15, -0.1) is 0 Å². The summed E-state index contributed by atoms with van der Waals surface area (Å²) in [4.78, 5) is 23.3. The van der Waals surface area contributed by atoms with E-state index in [1.165, 1.54) is 88.4 Å². The molecule has 0 rings (SSSR count). The predicted molar refractivity (Wildman–Crippen MR) is 153 cm³/mol. The standard InChI is InChI=1S/C28H59N2O6P/c1-7-8-9-10-11-12-13-14-15-16-17-18-19-20-21-22-23-27(26-34-28(31)29(2)3)36-37(32,33)35-25-24-30(4,5)6/h27H,7-26H2,1-6H3/p+1. The van der Waals surface area contributed by atoms with Gasteiger partial charge in [0.05, 0.1) is 21.1 Å². The number of ether oxygens (including phenoxy) is 1. The average Bonchev–Trinajstić information content (AvgIpc) is 2.80. The van der Waals surface area contributed by atoms with Crippen LogP contribution in [0.4, 0.5) is 4.79 Å². The van der Waals surface area contributed by atoms with Crippen LogP contribution >= 0.6 is 7.82 Å². The van der Waals surface area contributed by atoms with Crippen molar-refractivity contribution >= 4 is 13.9 Å². The fraction of sp³-hybridized carbons (Fsp3) is 0.964. The summed E-state index contributed by atoms with van der Waals surface area (Å²) >= 11 is 0. The van der Waals surface area contributed by atoms with E-state index in [0.29, 0.717) is 17.4 Å². The Morgan fingerprint density at radius 2 is 1.24 bits per heavy atom. The van der Waals surface area contributed by atoms with Crippen LogP contribution in [-0.4, -0.2) is 81.5 Å². The quantitative estimate of drug-likeness (QED) is 0.0716. The van der Waals surface area contributed by atoms with Crippen LogP contribution in [0.25, 0.3) is 0 Å². The molecule has 0 aliphatic carbocycles. The van der Waals surface area contributed by atoms with Crippen LogP contribution in [-0.2, 0) is 18.3 Å². The van der Waals surface area contributed by atoms with Crippen LogP contribution < -0.4 is 0 Å². The zero-order valence-electron chi connectivity index (χ0n) is 25.0. The molecule has 1 amide bonds. The number of hydrogen-bond donors (Lipinski definition) is 1. The average molecular weight is 552 g/mol. The molecule has 0 spiro atoms. The van der Waals surface area contributed by atoms with E-state index in [4.69, 9.17) is 13.8 Å². The van der Waals surface area contributed by atoms with Gasteiger partial charge in [-0.1, -0.05) is 110 Å². The molecule has 0 aromatic heterocycles. The van der Waals surface area contributed by atoms with Crippen molar-refractivity contribution in [2.75, 3.05) is 55.0 Å². The Morgan fingerprint density at radius 1 is 0.811 bits per heavy atom. The number of hydrogen-bond acceptors (Lipinski definition) is 5. The second-order valence-electron chi connectivity index (χ2n) is 11.6. The number of amides is 1. The highest BCUT2D eigenvalue weighted by molar-refractivity contribution is 7.47. The fourth-order valence-electron chi connectivity index (χ4n) is 4.03. The molecule has 0 bridgehead atoms. The molecule has 1 N–H and O–H groups in total. The zero-order chi connectivity index (χ0) is 28.0. The molecular formula is C28H60N2O6P+. The smallest absolute Gasteiger partial charge is 0.447 e. The molecule has 0 radical (unpaired) electrons. The number of phosphoric acid groups is 1. The van der Waals surface area contributed by atoms with Gasteiger partial charge in [0.25, 0.3) is 0 Å². The van der Waals surface area contributed by atoms with Gasteiger partial charge in [0.15, 0.2) is 0 Å². The molecule has 2 atom stereocenters. The summed E-state index contributed by atoms with van der Waals surface area (Å²) < 4.78 is 28.8. The van der Waals surface area contributed by atoms with Crippen molar-refractivity contribution in [2.45, 2.75) is 122 Å². The summed E-state index contributed by atoms with van der Waals surface area (Å²) in [5.41, 5.74) is 0. The predicted octanol–water partition coefficient (Wildman–Crippen LogP) is 7.54. The first-order chi connectivity index (χ1) is 17.5. The molecule has 0 aromatic rings. The third-order valence-electron chi connectivity index (χ3n) is 6.44. The van der Waals surface area contributed by atoms with E-state index >= 15 is 0 Å². The van der Waals surface area contributed by atoms with Crippen molar-refractivity contribution in [2.24, 2.45) is 0 Å². The first-order valence-corrected chi connectivity index (χ1v) is 16.3. The number of phosphoric ester groups is 1. The van der Waals surface area contributed by atoms with Crippen LogP contribution in [0.15, 0.2) is 0 Å². The minimum atomic E-state index is -4.22. The number of nitrogens with zero attached hydrogens (tertiary/aromatic N) is 2. The number of quaternary nitrogens is 1. The van der Waals surface area contributed by atoms with Crippen molar-refractivity contribution < 1.29 is 32.5 Å². The maximum absolute atomic E-state index is 12.4. The van der Waals surface area contributed by atoms with Gasteiger partial charge in [-0.05, 0) is 6.42 Å². The molecule has 9 heteroatoms. The third kappa shape index (κ3) is 25.4. The molecular weight excluding hydrogens is 491 g/mol. The van der Waals surface area contributed by atoms with Gasteiger partial charge in [-0.2, -0.15) is 0 Å². The second-order valence-corrected chi connectivity index (χ2v) is 13.0. The minimum Gasteiger partial charge on any atom is -0.447 e. The molecule has 0 saturated heterocycles. The van der Waals surface area contributed by atoms with E-state index < -0.39 is 20.0 Å². The maximum Gasteiger partial charge on any atom is 0.472 e. The van der Waals surface area contributed by atoms with Gasteiger partial charge in [0, 0.05) is 14.1 Å². The molecule has 2 unspecified atom stereocenters. The topological polar surface area (TPSA) is 85.3 Å². The molecule has 0 saturated carbocycles. The summed E-state index contributed by atoms with van der Waals surface area (Å²) in [6, 6.07) is 0. The molecule has 37 heavy (non-hydrogen) atoms. The van der Waals surface area contributed by atoms with Crippen LogP contribution in [0.5, 0.6) is 0 Å². The van der Waals surface area contributed by atoms with Gasteiger partial charge in [-0.3, -0.25) is 9.05 Å². The van der Waals surface area contributed by atoms with Gasteiger partial charge >= 0.3 is 13.9 Å².